The molecule has 5 heteroatoms. The van der Waals surface area contributed by atoms with Crippen molar-refractivity contribution in [1.82, 2.24) is 4.98 Å². The Balaban J connectivity index is 2.18. The number of carbonyl (C=O) groups is 1. The van der Waals surface area contributed by atoms with Crippen LogP contribution in [0.15, 0.2) is 24.4 Å². The van der Waals surface area contributed by atoms with Gasteiger partial charge in [0.2, 0.25) is 0 Å². The highest BCUT2D eigenvalue weighted by Crippen LogP contribution is 2.33. The Morgan fingerprint density at radius 1 is 1.43 bits per heavy atom. The third kappa shape index (κ3) is 2.28. The van der Waals surface area contributed by atoms with E-state index in [4.69, 9.17) is 5.73 Å². The van der Waals surface area contributed by atoms with E-state index in [0.29, 0.717) is 12.1 Å². The van der Waals surface area contributed by atoms with Crippen molar-refractivity contribution in [3.8, 4) is 0 Å². The molecule has 1 atom stereocenters. The van der Waals surface area contributed by atoms with Crippen molar-refractivity contribution >= 4 is 28.2 Å². The van der Waals surface area contributed by atoms with E-state index in [1.54, 1.807) is 6.20 Å². The Labute approximate surface area is 123 Å². The average molecular weight is 285 g/mol. The molecule has 2 aromatic rings. The van der Waals surface area contributed by atoms with Gasteiger partial charge in [-0.25, -0.2) is 9.78 Å². The number of carboxylic acids is 1. The van der Waals surface area contributed by atoms with Gasteiger partial charge in [-0.15, -0.1) is 0 Å². The molecule has 110 valence electrons. The third-order valence-electron chi connectivity index (χ3n) is 4.17. The summed E-state index contributed by atoms with van der Waals surface area (Å²) in [5.74, 6) is -0.0517. The van der Waals surface area contributed by atoms with Gasteiger partial charge in [0.15, 0.2) is 0 Å². The molecule has 5 nitrogen and oxygen atoms in total. The first-order valence-corrected chi connectivity index (χ1v) is 7.23. The first-order chi connectivity index (χ1) is 10.1. The lowest BCUT2D eigenvalue weighted by atomic mass is 10.00. The number of aryl methyl sites for hydroxylation is 1. The van der Waals surface area contributed by atoms with Crippen molar-refractivity contribution in [1.29, 1.82) is 0 Å². The van der Waals surface area contributed by atoms with E-state index in [9.17, 15) is 9.90 Å². The summed E-state index contributed by atoms with van der Waals surface area (Å²) < 4.78 is 0. The first-order valence-electron chi connectivity index (χ1n) is 7.23. The third-order valence-corrected chi connectivity index (χ3v) is 4.17. The topological polar surface area (TPSA) is 79.5 Å². The van der Waals surface area contributed by atoms with Crippen molar-refractivity contribution in [3.63, 3.8) is 0 Å². The molecule has 1 unspecified atom stereocenters. The SMILES string of the molecule is Cc1cnc(N2CCCCC2C(=O)O)c2cccc(N)c12. The zero-order chi connectivity index (χ0) is 15.0. The number of nitrogens with zero attached hydrogens (tertiary/aromatic N) is 2. The predicted molar refractivity (Wildman–Crippen MR) is 83.5 cm³/mol. The van der Waals surface area contributed by atoms with Crippen LogP contribution in [0.25, 0.3) is 10.8 Å². The molecule has 0 bridgehead atoms. The van der Waals surface area contributed by atoms with Gasteiger partial charge in [0.1, 0.15) is 11.9 Å². The minimum atomic E-state index is -0.783. The molecule has 1 fully saturated rings. The van der Waals surface area contributed by atoms with Crippen LogP contribution < -0.4 is 10.6 Å². The zero-order valence-electron chi connectivity index (χ0n) is 12.0. The van der Waals surface area contributed by atoms with Gasteiger partial charge in [-0.05, 0) is 37.8 Å². The summed E-state index contributed by atoms with van der Waals surface area (Å²) >= 11 is 0. The van der Waals surface area contributed by atoms with Gasteiger partial charge >= 0.3 is 5.97 Å². The molecule has 0 radical (unpaired) electrons. The van der Waals surface area contributed by atoms with Gasteiger partial charge in [-0.1, -0.05) is 12.1 Å². The normalized spacial score (nSPS) is 18.9. The minimum absolute atomic E-state index is 0.501. The summed E-state index contributed by atoms with van der Waals surface area (Å²) in [6.07, 6.45) is 4.37. The number of rotatable bonds is 2. The molecule has 1 aliphatic rings. The predicted octanol–water partition coefficient (Wildman–Crippen LogP) is 2.57. The van der Waals surface area contributed by atoms with E-state index < -0.39 is 12.0 Å². The monoisotopic (exact) mass is 285 g/mol. The van der Waals surface area contributed by atoms with E-state index in [1.807, 2.05) is 30.0 Å². The second-order valence-corrected chi connectivity index (χ2v) is 5.58. The summed E-state index contributed by atoms with van der Waals surface area (Å²) in [7, 11) is 0. The van der Waals surface area contributed by atoms with Crippen LogP contribution in [0.5, 0.6) is 0 Å². The van der Waals surface area contributed by atoms with Crippen LogP contribution in [-0.2, 0) is 4.79 Å². The summed E-state index contributed by atoms with van der Waals surface area (Å²) in [6, 6.07) is 5.22. The summed E-state index contributed by atoms with van der Waals surface area (Å²) in [5, 5.41) is 11.4. The maximum absolute atomic E-state index is 11.5. The van der Waals surface area contributed by atoms with Crippen molar-refractivity contribution in [2.75, 3.05) is 17.2 Å². The fourth-order valence-corrected chi connectivity index (χ4v) is 3.16. The summed E-state index contributed by atoms with van der Waals surface area (Å²) in [6.45, 7) is 2.69. The highest BCUT2D eigenvalue weighted by Gasteiger charge is 2.30. The van der Waals surface area contributed by atoms with Crippen molar-refractivity contribution < 1.29 is 9.90 Å². The highest BCUT2D eigenvalue weighted by atomic mass is 16.4. The van der Waals surface area contributed by atoms with Crippen LogP contribution >= 0.6 is 0 Å². The molecular formula is C16H19N3O2. The number of aliphatic carboxylic acids is 1. The Morgan fingerprint density at radius 2 is 2.24 bits per heavy atom. The second-order valence-electron chi connectivity index (χ2n) is 5.58. The molecule has 1 aliphatic heterocycles. The molecule has 0 saturated carbocycles. The van der Waals surface area contributed by atoms with E-state index in [0.717, 1.165) is 41.5 Å². The van der Waals surface area contributed by atoms with Gasteiger partial charge in [0.25, 0.3) is 0 Å². The Kier molecular flexibility index (Phi) is 3.41. The molecule has 1 saturated heterocycles. The maximum atomic E-state index is 11.5. The van der Waals surface area contributed by atoms with E-state index in [2.05, 4.69) is 4.98 Å². The van der Waals surface area contributed by atoms with Crippen molar-refractivity contribution in [3.05, 3.63) is 30.0 Å². The van der Waals surface area contributed by atoms with E-state index in [1.165, 1.54) is 0 Å². The highest BCUT2D eigenvalue weighted by molar-refractivity contribution is 6.02. The van der Waals surface area contributed by atoms with Gasteiger partial charge in [0.05, 0.1) is 0 Å². The number of nitrogen functional groups attached to an aromatic ring is 1. The number of carboxylic acid groups (broad SMARTS) is 1. The van der Waals surface area contributed by atoms with Crippen LogP contribution in [0.3, 0.4) is 0 Å². The maximum Gasteiger partial charge on any atom is 0.326 e. The zero-order valence-corrected chi connectivity index (χ0v) is 12.0. The molecular weight excluding hydrogens is 266 g/mol. The number of hydrogen-bond acceptors (Lipinski definition) is 4. The number of benzene rings is 1. The first kappa shape index (κ1) is 13.7. The number of aromatic nitrogens is 1. The molecule has 21 heavy (non-hydrogen) atoms. The minimum Gasteiger partial charge on any atom is -0.480 e. The fraction of sp³-hybridized carbons (Fsp3) is 0.375. The molecule has 3 rings (SSSR count). The number of fused-ring (bicyclic) bond motifs is 1. The Hall–Kier alpha value is -2.30. The number of nitrogens with two attached hydrogens (primary N) is 1. The number of pyridine rings is 1. The number of hydrogen-bond donors (Lipinski definition) is 2. The van der Waals surface area contributed by atoms with Crippen LogP contribution in [-0.4, -0.2) is 28.6 Å². The lowest BCUT2D eigenvalue weighted by Gasteiger charge is -2.34. The number of piperidine rings is 1. The summed E-state index contributed by atoms with van der Waals surface area (Å²) in [4.78, 5) is 17.9. The Bertz CT molecular complexity index is 691. The van der Waals surface area contributed by atoms with Gasteiger partial charge < -0.3 is 15.7 Å². The van der Waals surface area contributed by atoms with E-state index in [-0.39, 0.29) is 0 Å². The molecule has 0 amide bonds. The number of anilines is 2. The largest absolute Gasteiger partial charge is 0.480 e. The molecule has 2 heterocycles. The van der Waals surface area contributed by atoms with Gasteiger partial charge in [0, 0.05) is 29.2 Å². The lowest BCUT2D eigenvalue weighted by Crippen LogP contribution is -2.45. The lowest BCUT2D eigenvalue weighted by molar-refractivity contribution is -0.139. The summed E-state index contributed by atoms with van der Waals surface area (Å²) in [5.41, 5.74) is 7.80. The average Bonchev–Trinajstić information content (AvgIpc) is 2.47. The standard InChI is InChI=1S/C16H19N3O2/c1-10-9-18-15(11-5-4-6-12(17)14(10)11)19-8-3-2-7-13(19)16(20)21/h4-6,9,13H,2-3,7-8,17H2,1H3,(H,20,21). The quantitative estimate of drug-likeness (QED) is 0.829. The van der Waals surface area contributed by atoms with Crippen LogP contribution in [0, 0.1) is 6.92 Å². The molecule has 1 aromatic carbocycles. The molecule has 3 N–H and O–H groups in total. The molecule has 1 aromatic heterocycles. The van der Waals surface area contributed by atoms with Crippen LogP contribution in [0.1, 0.15) is 24.8 Å². The molecule has 0 aliphatic carbocycles. The van der Waals surface area contributed by atoms with Crippen molar-refractivity contribution in [2.24, 2.45) is 0 Å². The smallest absolute Gasteiger partial charge is 0.326 e. The van der Waals surface area contributed by atoms with Crippen molar-refractivity contribution in [2.45, 2.75) is 32.2 Å². The van der Waals surface area contributed by atoms with Crippen LogP contribution in [0.2, 0.25) is 0 Å². The van der Waals surface area contributed by atoms with E-state index >= 15 is 0 Å². The second kappa shape index (κ2) is 5.24. The van der Waals surface area contributed by atoms with Gasteiger partial charge in [-0.2, -0.15) is 0 Å². The van der Waals surface area contributed by atoms with Crippen LogP contribution in [0.4, 0.5) is 11.5 Å². The Morgan fingerprint density at radius 3 is 3.00 bits per heavy atom. The van der Waals surface area contributed by atoms with Gasteiger partial charge in [-0.3, -0.25) is 0 Å². The molecule has 0 spiro atoms. The fourth-order valence-electron chi connectivity index (χ4n) is 3.16.